The van der Waals surface area contributed by atoms with Crippen molar-refractivity contribution in [2.75, 3.05) is 25.5 Å². The number of carboxylic acid groups (broad SMARTS) is 1. The van der Waals surface area contributed by atoms with Crippen molar-refractivity contribution in [2.45, 2.75) is 39.7 Å². The van der Waals surface area contributed by atoms with E-state index in [1.54, 1.807) is 26.8 Å². The lowest BCUT2D eigenvalue weighted by atomic mass is 9.88. The number of nitrogens with one attached hydrogen (secondary N) is 1. The number of hydrogen-bond donors (Lipinski definition) is 2. The molecule has 0 spiro atoms. The summed E-state index contributed by atoms with van der Waals surface area (Å²) < 4.78 is 10.6. The fourth-order valence-electron chi connectivity index (χ4n) is 3.14. The third-order valence-corrected chi connectivity index (χ3v) is 4.52. The number of piperidine rings is 1. The van der Waals surface area contributed by atoms with Crippen molar-refractivity contribution in [3.05, 3.63) is 23.8 Å². The molecule has 0 bridgehead atoms. The number of aliphatic carboxylic acids is 1. The Bertz CT molecular complexity index is 756. The van der Waals surface area contributed by atoms with E-state index in [-0.39, 0.29) is 25.4 Å². The molecule has 0 aliphatic carbocycles. The largest absolute Gasteiger partial charge is 0.495 e. The Kier molecular flexibility index (Phi) is 6.53. The van der Waals surface area contributed by atoms with Gasteiger partial charge in [-0.1, -0.05) is 12.1 Å². The number of carboxylic acids is 1. The van der Waals surface area contributed by atoms with Crippen LogP contribution in [0.15, 0.2) is 18.2 Å². The smallest absolute Gasteiger partial charge is 0.410 e. The van der Waals surface area contributed by atoms with E-state index in [9.17, 15) is 19.5 Å². The Balaban J connectivity index is 2.19. The summed E-state index contributed by atoms with van der Waals surface area (Å²) in [5, 5.41) is 12.3. The molecule has 154 valence electrons. The van der Waals surface area contributed by atoms with Crippen molar-refractivity contribution >= 4 is 23.7 Å². The van der Waals surface area contributed by atoms with Gasteiger partial charge >= 0.3 is 12.1 Å². The van der Waals surface area contributed by atoms with Gasteiger partial charge in [-0.25, -0.2) is 4.79 Å². The molecule has 8 nitrogen and oxygen atoms in total. The number of ether oxygens (including phenoxy) is 2. The molecular formula is C20H28N2O6. The van der Waals surface area contributed by atoms with Gasteiger partial charge in [0.25, 0.3) is 0 Å². The lowest BCUT2D eigenvalue weighted by Crippen LogP contribution is -2.50. The normalized spacial score (nSPS) is 19.7. The van der Waals surface area contributed by atoms with Gasteiger partial charge < -0.3 is 24.8 Å². The number of methoxy groups -OCH3 is 1. The van der Waals surface area contributed by atoms with Gasteiger partial charge in [-0.3, -0.25) is 9.59 Å². The van der Waals surface area contributed by atoms with Crippen LogP contribution in [0.1, 0.15) is 32.8 Å². The van der Waals surface area contributed by atoms with Crippen LogP contribution in [0.2, 0.25) is 0 Å². The number of carbonyl (C=O) groups is 3. The van der Waals surface area contributed by atoms with Crippen LogP contribution in [-0.4, -0.2) is 53.8 Å². The molecule has 1 saturated heterocycles. The van der Waals surface area contributed by atoms with Gasteiger partial charge in [-0.2, -0.15) is 0 Å². The quantitative estimate of drug-likeness (QED) is 0.816. The van der Waals surface area contributed by atoms with Gasteiger partial charge in [-0.05, 0) is 45.7 Å². The summed E-state index contributed by atoms with van der Waals surface area (Å²) in [6.07, 6.45) is -0.473. The minimum atomic E-state index is -1.04. The Morgan fingerprint density at radius 1 is 1.18 bits per heavy atom. The first kappa shape index (κ1) is 21.5. The van der Waals surface area contributed by atoms with Crippen molar-refractivity contribution < 1.29 is 29.0 Å². The third-order valence-electron chi connectivity index (χ3n) is 4.52. The zero-order valence-corrected chi connectivity index (χ0v) is 16.9. The summed E-state index contributed by atoms with van der Waals surface area (Å²) in [5.74, 6) is -2.39. The van der Waals surface area contributed by atoms with Crippen LogP contribution < -0.4 is 10.1 Å². The van der Waals surface area contributed by atoms with Crippen molar-refractivity contribution in [3.8, 4) is 5.75 Å². The summed E-state index contributed by atoms with van der Waals surface area (Å²) in [6.45, 7) is 7.15. The highest BCUT2D eigenvalue weighted by molar-refractivity contribution is 5.95. The number of amides is 2. The predicted molar refractivity (Wildman–Crippen MR) is 103 cm³/mol. The average Bonchev–Trinajstić information content (AvgIpc) is 2.61. The molecule has 1 aromatic carbocycles. The second kappa shape index (κ2) is 8.50. The molecule has 1 fully saturated rings. The fraction of sp³-hybridized carbons (Fsp3) is 0.550. The summed E-state index contributed by atoms with van der Waals surface area (Å²) >= 11 is 0. The second-order valence-corrected chi connectivity index (χ2v) is 7.99. The highest BCUT2D eigenvalue weighted by Gasteiger charge is 2.38. The molecule has 1 aliphatic rings. The van der Waals surface area contributed by atoms with Crippen LogP contribution in [0.4, 0.5) is 10.5 Å². The molecule has 28 heavy (non-hydrogen) atoms. The van der Waals surface area contributed by atoms with Crippen molar-refractivity contribution in [1.29, 1.82) is 0 Å². The van der Waals surface area contributed by atoms with E-state index < -0.39 is 29.5 Å². The minimum absolute atomic E-state index is 0.0156. The molecule has 0 radical (unpaired) electrons. The molecule has 0 aromatic heterocycles. The summed E-state index contributed by atoms with van der Waals surface area (Å²) in [4.78, 5) is 38.1. The molecule has 2 rings (SSSR count). The second-order valence-electron chi connectivity index (χ2n) is 7.99. The summed E-state index contributed by atoms with van der Waals surface area (Å²) in [6, 6.07) is 5.39. The molecule has 2 N–H and O–H groups in total. The Labute approximate surface area is 164 Å². The first-order valence-electron chi connectivity index (χ1n) is 9.17. The first-order chi connectivity index (χ1) is 13.0. The number of rotatable bonds is 4. The topological polar surface area (TPSA) is 105 Å². The van der Waals surface area contributed by atoms with Crippen LogP contribution in [0.25, 0.3) is 0 Å². The molecule has 1 aromatic rings. The van der Waals surface area contributed by atoms with Gasteiger partial charge in [0.05, 0.1) is 24.6 Å². The fourth-order valence-corrected chi connectivity index (χ4v) is 3.14. The molecular weight excluding hydrogens is 364 g/mol. The first-order valence-corrected chi connectivity index (χ1v) is 9.17. The van der Waals surface area contributed by atoms with Gasteiger partial charge in [0.1, 0.15) is 11.4 Å². The van der Waals surface area contributed by atoms with E-state index in [4.69, 9.17) is 9.47 Å². The van der Waals surface area contributed by atoms with E-state index in [0.717, 1.165) is 5.56 Å². The van der Waals surface area contributed by atoms with Crippen LogP contribution in [0, 0.1) is 18.8 Å². The van der Waals surface area contributed by atoms with Gasteiger partial charge in [0, 0.05) is 13.1 Å². The Morgan fingerprint density at radius 2 is 1.82 bits per heavy atom. The molecule has 2 atom stereocenters. The molecule has 1 aliphatic heterocycles. The maximum Gasteiger partial charge on any atom is 0.410 e. The molecule has 0 saturated carbocycles. The number of nitrogens with zero attached hydrogens (tertiary/aromatic N) is 1. The van der Waals surface area contributed by atoms with Crippen LogP contribution in [0.5, 0.6) is 5.75 Å². The van der Waals surface area contributed by atoms with Crippen molar-refractivity contribution in [2.24, 2.45) is 11.8 Å². The van der Waals surface area contributed by atoms with Gasteiger partial charge in [0.15, 0.2) is 0 Å². The van der Waals surface area contributed by atoms with Crippen LogP contribution in [-0.2, 0) is 14.3 Å². The van der Waals surface area contributed by atoms with Crippen LogP contribution in [0.3, 0.4) is 0 Å². The number of anilines is 1. The van der Waals surface area contributed by atoms with E-state index in [1.165, 1.54) is 12.0 Å². The zero-order valence-electron chi connectivity index (χ0n) is 16.9. The molecule has 2 amide bonds. The third kappa shape index (κ3) is 5.37. The number of likely N-dealkylation sites (tertiary alicyclic amines) is 1. The number of carbonyl (C=O) groups excluding carboxylic acids is 2. The molecule has 1 heterocycles. The predicted octanol–water partition coefficient (Wildman–Crippen LogP) is 2.90. The molecule has 0 unspecified atom stereocenters. The SMILES string of the molecule is COc1cccc(C)c1NC(=O)[C@H]1C[C@@H](C(=O)O)CN(C(=O)OC(C)(C)C)C1. The zero-order chi connectivity index (χ0) is 21.1. The summed E-state index contributed by atoms with van der Waals surface area (Å²) in [7, 11) is 1.51. The van der Waals surface area contributed by atoms with Gasteiger partial charge in [-0.15, -0.1) is 0 Å². The number of hydrogen-bond acceptors (Lipinski definition) is 5. The highest BCUT2D eigenvalue weighted by Crippen LogP contribution is 2.30. The monoisotopic (exact) mass is 392 g/mol. The van der Waals surface area contributed by atoms with E-state index >= 15 is 0 Å². The van der Waals surface area contributed by atoms with E-state index in [1.807, 2.05) is 19.1 Å². The van der Waals surface area contributed by atoms with E-state index in [0.29, 0.717) is 11.4 Å². The van der Waals surface area contributed by atoms with Crippen molar-refractivity contribution in [3.63, 3.8) is 0 Å². The number of benzene rings is 1. The Hall–Kier alpha value is -2.77. The number of para-hydroxylation sites is 1. The van der Waals surface area contributed by atoms with Gasteiger partial charge in [0.2, 0.25) is 5.91 Å². The maximum absolute atomic E-state index is 12.9. The van der Waals surface area contributed by atoms with Crippen molar-refractivity contribution in [1.82, 2.24) is 4.90 Å². The number of aryl methyl sites for hydroxylation is 1. The summed E-state index contributed by atoms with van der Waals surface area (Å²) in [5.41, 5.74) is 0.651. The average molecular weight is 392 g/mol. The maximum atomic E-state index is 12.9. The molecule has 8 heteroatoms. The lowest BCUT2D eigenvalue weighted by molar-refractivity contribution is -0.144. The standard InChI is InChI=1S/C20H28N2O6/c1-12-7-6-8-15(27-5)16(12)21-17(23)13-9-14(18(24)25)11-22(10-13)19(26)28-20(2,3)4/h6-8,13-14H,9-11H2,1-5H3,(H,21,23)(H,24,25)/t13-,14+/m0/s1. The van der Waals surface area contributed by atoms with Crippen LogP contribution >= 0.6 is 0 Å². The van der Waals surface area contributed by atoms with E-state index in [2.05, 4.69) is 5.32 Å². The minimum Gasteiger partial charge on any atom is -0.495 e. The Morgan fingerprint density at radius 3 is 2.39 bits per heavy atom. The lowest BCUT2D eigenvalue weighted by Gasteiger charge is -2.36. The highest BCUT2D eigenvalue weighted by atomic mass is 16.6.